The lowest BCUT2D eigenvalue weighted by Crippen LogP contribution is -2.10. The van der Waals surface area contributed by atoms with Gasteiger partial charge in [0, 0.05) is 6.54 Å². The van der Waals surface area contributed by atoms with Crippen molar-refractivity contribution < 1.29 is 9.13 Å². The van der Waals surface area contributed by atoms with Gasteiger partial charge >= 0.3 is 0 Å². The molecule has 88 valence electrons. The molecule has 2 aromatic rings. The monoisotopic (exact) mass is 231 g/mol. The first-order chi connectivity index (χ1) is 8.29. The van der Waals surface area contributed by atoms with E-state index < -0.39 is 0 Å². The molecule has 0 saturated carbocycles. The lowest BCUT2D eigenvalue weighted by molar-refractivity contribution is 0.328. The first kappa shape index (κ1) is 11.6. The molecule has 0 atom stereocenters. The zero-order valence-electron chi connectivity index (χ0n) is 9.40. The summed E-state index contributed by atoms with van der Waals surface area (Å²) in [6, 6.07) is 14.0. The van der Waals surface area contributed by atoms with Gasteiger partial charge in [-0.05, 0) is 35.4 Å². The number of ether oxygens (including phenoxy) is 1. The minimum absolute atomic E-state index is 0.231. The van der Waals surface area contributed by atoms with E-state index in [-0.39, 0.29) is 5.82 Å². The number of nitrogens with two attached hydrogens (primary N) is 1. The molecule has 3 heteroatoms. The van der Waals surface area contributed by atoms with E-state index in [1.807, 2.05) is 30.3 Å². The Balaban J connectivity index is 2.17. The van der Waals surface area contributed by atoms with E-state index in [1.54, 1.807) is 6.07 Å². The molecule has 0 bridgehead atoms. The number of rotatable bonds is 4. The second-order valence-corrected chi connectivity index (χ2v) is 3.67. The largest absolute Gasteiger partial charge is 0.492 e. The highest BCUT2D eigenvalue weighted by Crippen LogP contribution is 2.22. The summed E-state index contributed by atoms with van der Waals surface area (Å²) in [7, 11) is 0. The molecular formula is C14H14FNO. The number of halogens is 1. The average molecular weight is 231 g/mol. The summed E-state index contributed by atoms with van der Waals surface area (Å²) in [5.41, 5.74) is 7.17. The van der Waals surface area contributed by atoms with Crippen LogP contribution in [-0.2, 0) is 0 Å². The van der Waals surface area contributed by atoms with Crippen molar-refractivity contribution in [3.63, 3.8) is 0 Å². The molecule has 0 spiro atoms. The Hall–Kier alpha value is -1.87. The summed E-state index contributed by atoms with van der Waals surface area (Å²) in [5.74, 6) is 0.543. The topological polar surface area (TPSA) is 35.2 Å². The van der Waals surface area contributed by atoms with Crippen LogP contribution >= 0.6 is 0 Å². The summed E-state index contributed by atoms with van der Waals surface area (Å²) in [5, 5.41) is 0. The smallest absolute Gasteiger partial charge is 0.123 e. The molecule has 0 radical (unpaired) electrons. The summed E-state index contributed by atoms with van der Waals surface area (Å²) in [4.78, 5) is 0. The predicted molar refractivity (Wildman–Crippen MR) is 66.4 cm³/mol. The van der Waals surface area contributed by atoms with Gasteiger partial charge in [-0.1, -0.05) is 24.3 Å². The maximum Gasteiger partial charge on any atom is 0.123 e. The third-order valence-corrected chi connectivity index (χ3v) is 2.40. The molecule has 2 nitrogen and oxygen atoms in total. The van der Waals surface area contributed by atoms with Crippen LogP contribution in [0.3, 0.4) is 0 Å². The van der Waals surface area contributed by atoms with Crippen LogP contribution in [0.4, 0.5) is 4.39 Å². The molecule has 2 rings (SSSR count). The summed E-state index contributed by atoms with van der Waals surface area (Å²) in [6.07, 6.45) is 0. The summed E-state index contributed by atoms with van der Waals surface area (Å²) < 4.78 is 18.4. The van der Waals surface area contributed by atoms with Gasteiger partial charge in [0.1, 0.15) is 18.2 Å². The van der Waals surface area contributed by atoms with Gasteiger partial charge in [-0.15, -0.1) is 0 Å². The fourth-order valence-electron chi connectivity index (χ4n) is 1.59. The summed E-state index contributed by atoms with van der Waals surface area (Å²) in [6.45, 7) is 0.991. The Morgan fingerprint density at radius 3 is 2.41 bits per heavy atom. The lowest BCUT2D eigenvalue weighted by atomic mass is 10.1. The molecule has 0 aliphatic heterocycles. The minimum Gasteiger partial charge on any atom is -0.492 e. The van der Waals surface area contributed by atoms with Gasteiger partial charge in [0.15, 0.2) is 0 Å². The van der Waals surface area contributed by atoms with Gasteiger partial charge in [0.05, 0.1) is 0 Å². The van der Waals surface area contributed by atoms with Crippen molar-refractivity contribution in [2.45, 2.75) is 0 Å². The lowest BCUT2D eigenvalue weighted by Gasteiger charge is -2.06. The van der Waals surface area contributed by atoms with E-state index in [4.69, 9.17) is 10.5 Å². The van der Waals surface area contributed by atoms with Crippen molar-refractivity contribution in [1.82, 2.24) is 0 Å². The van der Waals surface area contributed by atoms with Crippen LogP contribution in [0.1, 0.15) is 0 Å². The molecule has 0 aliphatic rings. The molecule has 0 aliphatic carbocycles. The Kier molecular flexibility index (Phi) is 3.73. The second kappa shape index (κ2) is 5.46. The fourth-order valence-corrected chi connectivity index (χ4v) is 1.59. The molecular weight excluding hydrogens is 217 g/mol. The quantitative estimate of drug-likeness (QED) is 0.878. The predicted octanol–water partition coefficient (Wildman–Crippen LogP) is 2.83. The van der Waals surface area contributed by atoms with E-state index in [1.165, 1.54) is 12.1 Å². The molecule has 0 unspecified atom stereocenters. The molecule has 0 saturated heterocycles. The van der Waals surface area contributed by atoms with E-state index >= 15 is 0 Å². The summed E-state index contributed by atoms with van der Waals surface area (Å²) >= 11 is 0. The molecule has 0 aromatic heterocycles. The van der Waals surface area contributed by atoms with Gasteiger partial charge in [0.2, 0.25) is 0 Å². The van der Waals surface area contributed by atoms with Crippen molar-refractivity contribution >= 4 is 0 Å². The molecule has 2 N–H and O–H groups in total. The SMILES string of the molecule is NCCOc1ccc(-c2cccc(F)c2)cc1. The maximum atomic E-state index is 13.1. The highest BCUT2D eigenvalue weighted by atomic mass is 19.1. The van der Waals surface area contributed by atoms with Gasteiger partial charge in [-0.25, -0.2) is 4.39 Å². The zero-order chi connectivity index (χ0) is 12.1. The third kappa shape index (κ3) is 3.04. The van der Waals surface area contributed by atoms with Gasteiger partial charge in [0.25, 0.3) is 0 Å². The van der Waals surface area contributed by atoms with E-state index in [2.05, 4.69) is 0 Å². The van der Waals surface area contributed by atoms with Crippen LogP contribution < -0.4 is 10.5 Å². The van der Waals surface area contributed by atoms with Crippen LogP contribution in [0.15, 0.2) is 48.5 Å². The van der Waals surface area contributed by atoms with Crippen LogP contribution in [0, 0.1) is 5.82 Å². The third-order valence-electron chi connectivity index (χ3n) is 2.40. The molecule has 2 aromatic carbocycles. The highest BCUT2D eigenvalue weighted by Gasteiger charge is 1.99. The maximum absolute atomic E-state index is 13.1. The number of benzene rings is 2. The standard InChI is InChI=1S/C14H14FNO/c15-13-3-1-2-12(10-13)11-4-6-14(7-5-11)17-9-8-16/h1-7,10H,8-9,16H2. The second-order valence-electron chi connectivity index (χ2n) is 3.67. The molecule has 0 amide bonds. The Morgan fingerprint density at radius 1 is 1.00 bits per heavy atom. The number of hydrogen-bond acceptors (Lipinski definition) is 2. The van der Waals surface area contributed by atoms with Crippen LogP contribution in [0.25, 0.3) is 11.1 Å². The van der Waals surface area contributed by atoms with Crippen LogP contribution in [0.2, 0.25) is 0 Å². The average Bonchev–Trinajstić information content (AvgIpc) is 2.37. The highest BCUT2D eigenvalue weighted by molar-refractivity contribution is 5.64. The van der Waals surface area contributed by atoms with Crippen molar-refractivity contribution in [2.24, 2.45) is 5.73 Å². The number of hydrogen-bond donors (Lipinski definition) is 1. The van der Waals surface area contributed by atoms with E-state index in [0.29, 0.717) is 13.2 Å². The van der Waals surface area contributed by atoms with E-state index in [9.17, 15) is 4.39 Å². The first-order valence-electron chi connectivity index (χ1n) is 5.48. The fraction of sp³-hybridized carbons (Fsp3) is 0.143. The Bertz CT molecular complexity index is 482. The van der Waals surface area contributed by atoms with Crippen molar-refractivity contribution in [2.75, 3.05) is 13.2 Å². The van der Waals surface area contributed by atoms with Gasteiger partial charge in [-0.2, -0.15) is 0 Å². The van der Waals surface area contributed by atoms with Gasteiger partial charge < -0.3 is 10.5 Å². The zero-order valence-corrected chi connectivity index (χ0v) is 9.40. The van der Waals surface area contributed by atoms with Crippen LogP contribution in [-0.4, -0.2) is 13.2 Å². The van der Waals surface area contributed by atoms with Crippen LogP contribution in [0.5, 0.6) is 5.75 Å². The molecule has 17 heavy (non-hydrogen) atoms. The Labute approximate surface area is 99.8 Å². The molecule has 0 heterocycles. The van der Waals surface area contributed by atoms with E-state index in [0.717, 1.165) is 16.9 Å². The molecule has 0 fully saturated rings. The normalized spacial score (nSPS) is 10.2. The minimum atomic E-state index is -0.231. The van der Waals surface area contributed by atoms with Crippen molar-refractivity contribution in [1.29, 1.82) is 0 Å². The Morgan fingerprint density at radius 2 is 1.76 bits per heavy atom. The van der Waals surface area contributed by atoms with Crippen molar-refractivity contribution in [3.8, 4) is 16.9 Å². The van der Waals surface area contributed by atoms with Crippen molar-refractivity contribution in [3.05, 3.63) is 54.3 Å². The van der Waals surface area contributed by atoms with Gasteiger partial charge in [-0.3, -0.25) is 0 Å². The first-order valence-corrected chi connectivity index (χ1v) is 5.48.